The minimum atomic E-state index is -1.06. The van der Waals surface area contributed by atoms with E-state index in [1.165, 1.54) is 18.2 Å². The highest BCUT2D eigenvalue weighted by molar-refractivity contribution is 6.00. The average Bonchev–Trinajstić information content (AvgIpc) is 2.37. The molecule has 0 fully saturated rings. The minimum absolute atomic E-state index is 0.0212. The largest absolute Gasteiger partial charge is 0.478 e. The first-order chi connectivity index (χ1) is 8.99. The number of rotatable bonds is 7. The Labute approximate surface area is 111 Å². The predicted octanol–water partition coefficient (Wildman–Crippen LogP) is 1.32. The summed E-state index contributed by atoms with van der Waals surface area (Å²) >= 11 is 0. The number of primary amides is 1. The molecule has 0 aliphatic heterocycles. The molecule has 1 aromatic rings. The molecule has 1 atom stereocenters. The van der Waals surface area contributed by atoms with E-state index in [1.807, 2.05) is 6.92 Å². The minimum Gasteiger partial charge on any atom is -0.478 e. The summed E-state index contributed by atoms with van der Waals surface area (Å²) in [4.78, 5) is 22.3. The Hall–Kier alpha value is -2.08. The van der Waals surface area contributed by atoms with Gasteiger partial charge in [-0.1, -0.05) is 6.92 Å². The lowest BCUT2D eigenvalue weighted by atomic mass is 10.1. The third kappa shape index (κ3) is 3.96. The second kappa shape index (κ2) is 6.75. The lowest BCUT2D eigenvalue weighted by Gasteiger charge is -2.19. The van der Waals surface area contributed by atoms with Crippen LogP contribution in [0.1, 0.15) is 34.1 Å². The number of carboxylic acids is 1. The average molecular weight is 266 g/mol. The fourth-order valence-corrected chi connectivity index (χ4v) is 1.69. The number of carboxylic acid groups (broad SMARTS) is 1. The van der Waals surface area contributed by atoms with Crippen molar-refractivity contribution in [3.05, 3.63) is 29.3 Å². The van der Waals surface area contributed by atoms with Gasteiger partial charge in [0.1, 0.15) is 0 Å². The van der Waals surface area contributed by atoms with Gasteiger partial charge >= 0.3 is 5.97 Å². The molecule has 0 aliphatic carbocycles. The van der Waals surface area contributed by atoms with Crippen LogP contribution in [0.3, 0.4) is 0 Å². The number of carbonyl (C=O) groups is 2. The molecule has 104 valence electrons. The van der Waals surface area contributed by atoms with Crippen LogP contribution < -0.4 is 11.1 Å². The number of anilines is 1. The number of ether oxygens (including phenoxy) is 1. The SMILES string of the molecule is CCC(COC)Nc1cc(C(=O)O)ccc1C(N)=O. The molecule has 0 saturated carbocycles. The summed E-state index contributed by atoms with van der Waals surface area (Å²) in [5.74, 6) is -1.66. The van der Waals surface area contributed by atoms with Gasteiger partial charge in [0.2, 0.25) is 0 Å². The van der Waals surface area contributed by atoms with Gasteiger partial charge in [-0.15, -0.1) is 0 Å². The second-order valence-corrected chi connectivity index (χ2v) is 4.13. The monoisotopic (exact) mass is 266 g/mol. The van der Waals surface area contributed by atoms with Crippen molar-refractivity contribution in [3.8, 4) is 0 Å². The van der Waals surface area contributed by atoms with Crippen LogP contribution in [0.2, 0.25) is 0 Å². The standard InChI is InChI=1S/C13H18N2O4/c1-3-9(7-19-2)15-11-6-8(13(17)18)4-5-10(11)12(14)16/h4-6,9,15H,3,7H2,1-2H3,(H2,14,16)(H,17,18). The maximum absolute atomic E-state index is 11.3. The summed E-state index contributed by atoms with van der Waals surface area (Å²) in [5.41, 5.74) is 6.05. The van der Waals surface area contributed by atoms with E-state index in [9.17, 15) is 9.59 Å². The van der Waals surface area contributed by atoms with Gasteiger partial charge in [0.15, 0.2) is 0 Å². The molecule has 1 aromatic carbocycles. The first kappa shape index (κ1) is 15.0. The van der Waals surface area contributed by atoms with E-state index in [-0.39, 0.29) is 17.2 Å². The first-order valence-corrected chi connectivity index (χ1v) is 5.92. The molecule has 1 rings (SSSR count). The molecule has 4 N–H and O–H groups in total. The number of nitrogens with two attached hydrogens (primary N) is 1. The predicted molar refractivity (Wildman–Crippen MR) is 71.5 cm³/mol. The third-order valence-electron chi connectivity index (χ3n) is 2.75. The number of benzene rings is 1. The number of methoxy groups -OCH3 is 1. The van der Waals surface area contributed by atoms with Crippen LogP contribution in [0.15, 0.2) is 18.2 Å². The van der Waals surface area contributed by atoms with Gasteiger partial charge in [0.05, 0.1) is 17.7 Å². The smallest absolute Gasteiger partial charge is 0.335 e. The van der Waals surface area contributed by atoms with Crippen LogP contribution in [0.4, 0.5) is 5.69 Å². The van der Waals surface area contributed by atoms with E-state index < -0.39 is 11.9 Å². The Balaban J connectivity index is 3.09. The van der Waals surface area contributed by atoms with Crippen molar-refractivity contribution < 1.29 is 19.4 Å². The Bertz CT molecular complexity index is 474. The maximum Gasteiger partial charge on any atom is 0.335 e. The van der Waals surface area contributed by atoms with Gasteiger partial charge in [-0.2, -0.15) is 0 Å². The molecule has 0 spiro atoms. The zero-order chi connectivity index (χ0) is 14.4. The van der Waals surface area contributed by atoms with Crippen LogP contribution in [0.25, 0.3) is 0 Å². The van der Waals surface area contributed by atoms with Crippen molar-refractivity contribution in [2.75, 3.05) is 19.0 Å². The van der Waals surface area contributed by atoms with Gasteiger partial charge in [-0.25, -0.2) is 4.79 Å². The highest BCUT2D eigenvalue weighted by atomic mass is 16.5. The molecule has 0 aromatic heterocycles. The first-order valence-electron chi connectivity index (χ1n) is 5.92. The zero-order valence-corrected chi connectivity index (χ0v) is 11.0. The summed E-state index contributed by atoms with van der Waals surface area (Å²) in [7, 11) is 1.58. The quantitative estimate of drug-likeness (QED) is 0.691. The third-order valence-corrected chi connectivity index (χ3v) is 2.75. The van der Waals surface area contributed by atoms with E-state index in [2.05, 4.69) is 5.32 Å². The van der Waals surface area contributed by atoms with Crippen LogP contribution in [-0.4, -0.2) is 36.7 Å². The van der Waals surface area contributed by atoms with Crippen LogP contribution >= 0.6 is 0 Å². The van der Waals surface area contributed by atoms with E-state index in [0.29, 0.717) is 12.3 Å². The lowest BCUT2D eigenvalue weighted by Crippen LogP contribution is -2.26. The Morgan fingerprint density at radius 1 is 1.47 bits per heavy atom. The summed E-state index contributed by atoms with van der Waals surface area (Å²) < 4.78 is 5.05. The highest BCUT2D eigenvalue weighted by Crippen LogP contribution is 2.19. The summed E-state index contributed by atoms with van der Waals surface area (Å²) in [6, 6.07) is 4.14. The number of nitrogens with one attached hydrogen (secondary N) is 1. The van der Waals surface area contributed by atoms with Crippen molar-refractivity contribution in [1.82, 2.24) is 0 Å². The number of hydrogen-bond donors (Lipinski definition) is 3. The van der Waals surface area contributed by atoms with Crippen molar-refractivity contribution in [2.45, 2.75) is 19.4 Å². The van der Waals surface area contributed by atoms with Crippen molar-refractivity contribution in [1.29, 1.82) is 0 Å². The number of amides is 1. The van der Waals surface area contributed by atoms with E-state index in [0.717, 1.165) is 6.42 Å². The van der Waals surface area contributed by atoms with Gasteiger partial charge in [0.25, 0.3) is 5.91 Å². The molecule has 6 heteroatoms. The van der Waals surface area contributed by atoms with Crippen LogP contribution in [-0.2, 0) is 4.74 Å². The van der Waals surface area contributed by atoms with Gasteiger partial charge in [0, 0.05) is 18.8 Å². The van der Waals surface area contributed by atoms with Crippen molar-refractivity contribution >= 4 is 17.6 Å². The fraction of sp³-hybridized carbons (Fsp3) is 0.385. The Morgan fingerprint density at radius 3 is 2.63 bits per heavy atom. The van der Waals surface area contributed by atoms with E-state index in [1.54, 1.807) is 7.11 Å². The molecule has 19 heavy (non-hydrogen) atoms. The summed E-state index contributed by atoms with van der Waals surface area (Å²) in [6.07, 6.45) is 0.767. The number of aromatic carboxylic acids is 1. The Kier molecular flexibility index (Phi) is 5.32. The molecule has 6 nitrogen and oxygen atoms in total. The molecule has 0 radical (unpaired) electrons. The molecular weight excluding hydrogens is 248 g/mol. The number of carbonyl (C=O) groups excluding carboxylic acids is 1. The summed E-state index contributed by atoms with van der Waals surface area (Å²) in [6.45, 7) is 2.41. The molecule has 0 saturated heterocycles. The second-order valence-electron chi connectivity index (χ2n) is 4.13. The van der Waals surface area contributed by atoms with Crippen molar-refractivity contribution in [2.24, 2.45) is 5.73 Å². The van der Waals surface area contributed by atoms with Gasteiger partial charge in [-0.3, -0.25) is 4.79 Å². The van der Waals surface area contributed by atoms with Crippen LogP contribution in [0.5, 0.6) is 0 Å². The lowest BCUT2D eigenvalue weighted by molar-refractivity contribution is 0.0696. The molecule has 0 bridgehead atoms. The van der Waals surface area contributed by atoms with E-state index >= 15 is 0 Å². The Morgan fingerprint density at radius 2 is 2.16 bits per heavy atom. The van der Waals surface area contributed by atoms with Crippen LogP contribution in [0, 0.1) is 0 Å². The van der Waals surface area contributed by atoms with Crippen molar-refractivity contribution in [3.63, 3.8) is 0 Å². The number of hydrogen-bond acceptors (Lipinski definition) is 4. The van der Waals surface area contributed by atoms with E-state index in [4.69, 9.17) is 15.6 Å². The topological polar surface area (TPSA) is 102 Å². The zero-order valence-electron chi connectivity index (χ0n) is 11.0. The highest BCUT2D eigenvalue weighted by Gasteiger charge is 2.15. The molecule has 0 aliphatic rings. The molecule has 0 heterocycles. The fourth-order valence-electron chi connectivity index (χ4n) is 1.69. The van der Waals surface area contributed by atoms with Gasteiger partial charge < -0.3 is 20.9 Å². The molecule has 1 unspecified atom stereocenters. The molecular formula is C13H18N2O4. The maximum atomic E-state index is 11.3. The molecule has 1 amide bonds. The normalized spacial score (nSPS) is 11.9. The summed E-state index contributed by atoms with van der Waals surface area (Å²) in [5, 5.41) is 12.1. The van der Waals surface area contributed by atoms with Gasteiger partial charge in [-0.05, 0) is 24.6 Å².